The van der Waals surface area contributed by atoms with Gasteiger partial charge in [-0.2, -0.15) is 8.78 Å². The summed E-state index contributed by atoms with van der Waals surface area (Å²) in [6.07, 6.45) is -2.35. The summed E-state index contributed by atoms with van der Waals surface area (Å²) in [7, 11) is 0. The van der Waals surface area contributed by atoms with Crippen LogP contribution in [0.25, 0.3) is 11.5 Å². The van der Waals surface area contributed by atoms with Crippen LogP contribution in [-0.4, -0.2) is 20.7 Å². The number of hydrogen-bond donors (Lipinski definition) is 0. The predicted octanol–water partition coefficient (Wildman–Crippen LogP) is 2.81. The molecule has 1 fully saturated rings. The van der Waals surface area contributed by atoms with Crippen molar-refractivity contribution < 1.29 is 22.0 Å². The largest absolute Gasteiger partial charge is 0.415 e. The SMILES string of the molecule is O=c1cc(-c2nnc(C(F)F)o2)ccn1C1CC(F)(F)C1. The number of halogens is 4. The zero-order valence-electron chi connectivity index (χ0n) is 10.5. The van der Waals surface area contributed by atoms with Crippen LogP contribution in [0.1, 0.15) is 31.2 Å². The highest BCUT2D eigenvalue weighted by atomic mass is 19.3. The van der Waals surface area contributed by atoms with E-state index in [9.17, 15) is 22.4 Å². The fraction of sp³-hybridized carbons (Fsp3) is 0.417. The van der Waals surface area contributed by atoms with E-state index in [0.29, 0.717) is 0 Å². The first-order chi connectivity index (χ1) is 9.85. The van der Waals surface area contributed by atoms with Gasteiger partial charge in [-0.15, -0.1) is 10.2 Å². The number of rotatable bonds is 3. The Bertz CT molecular complexity index is 717. The van der Waals surface area contributed by atoms with Gasteiger partial charge in [0.05, 0.1) is 0 Å². The van der Waals surface area contributed by atoms with Gasteiger partial charge in [0.2, 0.25) is 5.89 Å². The molecule has 112 valence electrons. The minimum Gasteiger partial charge on any atom is -0.415 e. The lowest BCUT2D eigenvalue weighted by Crippen LogP contribution is -2.40. The van der Waals surface area contributed by atoms with E-state index < -0.39 is 29.8 Å². The Morgan fingerprint density at radius 2 is 2.05 bits per heavy atom. The summed E-state index contributed by atoms with van der Waals surface area (Å²) in [5.41, 5.74) is -0.355. The van der Waals surface area contributed by atoms with Crippen LogP contribution in [0.2, 0.25) is 0 Å². The number of hydrogen-bond acceptors (Lipinski definition) is 4. The van der Waals surface area contributed by atoms with Gasteiger partial charge in [0.1, 0.15) is 0 Å². The van der Waals surface area contributed by atoms with Gasteiger partial charge in [-0.1, -0.05) is 0 Å². The first-order valence-corrected chi connectivity index (χ1v) is 6.08. The number of aromatic nitrogens is 3. The molecule has 1 saturated carbocycles. The van der Waals surface area contributed by atoms with Crippen molar-refractivity contribution in [2.45, 2.75) is 31.2 Å². The van der Waals surface area contributed by atoms with Crippen molar-refractivity contribution in [2.75, 3.05) is 0 Å². The van der Waals surface area contributed by atoms with Crippen molar-refractivity contribution in [3.63, 3.8) is 0 Å². The molecule has 1 aliphatic carbocycles. The Kier molecular flexibility index (Phi) is 3.07. The van der Waals surface area contributed by atoms with Gasteiger partial charge < -0.3 is 8.98 Å². The van der Waals surface area contributed by atoms with Crippen molar-refractivity contribution in [1.29, 1.82) is 0 Å². The maximum atomic E-state index is 12.8. The molecular weight excluding hydrogens is 294 g/mol. The van der Waals surface area contributed by atoms with E-state index in [1.165, 1.54) is 16.8 Å². The molecule has 2 heterocycles. The van der Waals surface area contributed by atoms with Crippen LogP contribution < -0.4 is 5.56 Å². The van der Waals surface area contributed by atoms with Crippen molar-refractivity contribution in [2.24, 2.45) is 0 Å². The molecule has 0 radical (unpaired) electrons. The fourth-order valence-electron chi connectivity index (χ4n) is 2.19. The fourth-order valence-corrected chi connectivity index (χ4v) is 2.19. The van der Waals surface area contributed by atoms with Gasteiger partial charge in [-0.25, -0.2) is 8.78 Å². The highest BCUT2D eigenvalue weighted by molar-refractivity contribution is 5.51. The molecule has 2 aromatic heterocycles. The van der Waals surface area contributed by atoms with Gasteiger partial charge >= 0.3 is 6.43 Å². The lowest BCUT2D eigenvalue weighted by atomic mass is 9.88. The summed E-state index contributed by atoms with van der Waals surface area (Å²) in [6.45, 7) is 0. The van der Waals surface area contributed by atoms with Gasteiger partial charge in [0.15, 0.2) is 0 Å². The molecule has 0 N–H and O–H groups in total. The highest BCUT2D eigenvalue weighted by Gasteiger charge is 2.46. The van der Waals surface area contributed by atoms with Gasteiger partial charge in [-0.3, -0.25) is 4.79 Å². The Balaban J connectivity index is 1.86. The zero-order valence-corrected chi connectivity index (χ0v) is 10.5. The van der Waals surface area contributed by atoms with Crippen LogP contribution in [0.3, 0.4) is 0 Å². The molecule has 3 rings (SSSR count). The first kappa shape index (κ1) is 13.8. The van der Waals surface area contributed by atoms with E-state index in [-0.39, 0.29) is 24.3 Å². The third-order valence-corrected chi connectivity index (χ3v) is 3.28. The van der Waals surface area contributed by atoms with Crippen LogP contribution >= 0.6 is 0 Å². The van der Waals surface area contributed by atoms with Crippen molar-refractivity contribution in [1.82, 2.24) is 14.8 Å². The van der Waals surface area contributed by atoms with Crippen LogP contribution in [0.15, 0.2) is 27.5 Å². The monoisotopic (exact) mass is 303 g/mol. The van der Waals surface area contributed by atoms with Crippen LogP contribution in [0.5, 0.6) is 0 Å². The molecule has 0 saturated heterocycles. The Morgan fingerprint density at radius 1 is 1.33 bits per heavy atom. The van der Waals surface area contributed by atoms with Gasteiger partial charge in [0, 0.05) is 36.7 Å². The van der Waals surface area contributed by atoms with Crippen molar-refractivity contribution in [3.05, 3.63) is 34.6 Å². The number of nitrogens with zero attached hydrogens (tertiary/aromatic N) is 3. The van der Waals surface area contributed by atoms with E-state index in [4.69, 9.17) is 4.42 Å². The molecule has 0 aromatic carbocycles. The second-order valence-corrected chi connectivity index (χ2v) is 4.83. The average Bonchev–Trinajstić information content (AvgIpc) is 2.85. The summed E-state index contributed by atoms with van der Waals surface area (Å²) in [6, 6.07) is 1.93. The number of alkyl halides is 4. The van der Waals surface area contributed by atoms with E-state index >= 15 is 0 Å². The Labute approximate surface area is 115 Å². The molecule has 0 unspecified atom stereocenters. The smallest absolute Gasteiger partial charge is 0.314 e. The zero-order chi connectivity index (χ0) is 15.2. The summed E-state index contributed by atoms with van der Waals surface area (Å²) >= 11 is 0. The standard InChI is InChI=1S/C12H9F4N3O2/c13-9(14)11-18-17-10(21-11)6-1-2-19(8(20)3-6)7-4-12(15,16)5-7/h1-3,7,9H,4-5H2. The van der Waals surface area contributed by atoms with E-state index in [2.05, 4.69) is 10.2 Å². The topological polar surface area (TPSA) is 60.9 Å². The molecule has 2 aromatic rings. The summed E-state index contributed by atoms with van der Waals surface area (Å²) in [5.74, 6) is -3.79. The third kappa shape index (κ3) is 2.55. The van der Waals surface area contributed by atoms with E-state index in [1.54, 1.807) is 0 Å². The van der Waals surface area contributed by atoms with Gasteiger partial charge in [-0.05, 0) is 6.07 Å². The quantitative estimate of drug-likeness (QED) is 0.818. The number of pyridine rings is 1. The normalized spacial score (nSPS) is 18.0. The van der Waals surface area contributed by atoms with E-state index in [0.717, 1.165) is 6.07 Å². The molecule has 5 nitrogen and oxygen atoms in total. The third-order valence-electron chi connectivity index (χ3n) is 3.28. The second-order valence-electron chi connectivity index (χ2n) is 4.83. The summed E-state index contributed by atoms with van der Waals surface area (Å²) in [5, 5.41) is 6.57. The minimum atomic E-state index is -2.90. The molecule has 21 heavy (non-hydrogen) atoms. The molecule has 0 bridgehead atoms. The molecular formula is C12H9F4N3O2. The van der Waals surface area contributed by atoms with Gasteiger partial charge in [0.25, 0.3) is 17.4 Å². The molecule has 0 aliphatic heterocycles. The van der Waals surface area contributed by atoms with Crippen molar-refractivity contribution in [3.8, 4) is 11.5 Å². The van der Waals surface area contributed by atoms with Crippen LogP contribution in [0.4, 0.5) is 17.6 Å². The second kappa shape index (κ2) is 4.68. The molecule has 0 amide bonds. The Morgan fingerprint density at radius 3 is 2.57 bits per heavy atom. The highest BCUT2D eigenvalue weighted by Crippen LogP contribution is 2.44. The van der Waals surface area contributed by atoms with Crippen LogP contribution in [-0.2, 0) is 0 Å². The first-order valence-electron chi connectivity index (χ1n) is 6.08. The maximum Gasteiger partial charge on any atom is 0.314 e. The molecule has 0 atom stereocenters. The predicted molar refractivity (Wildman–Crippen MR) is 62.2 cm³/mol. The summed E-state index contributed by atoms with van der Waals surface area (Å²) < 4.78 is 56.2. The maximum absolute atomic E-state index is 12.8. The van der Waals surface area contributed by atoms with E-state index in [1.807, 2.05) is 0 Å². The average molecular weight is 303 g/mol. The van der Waals surface area contributed by atoms with Crippen LogP contribution in [0, 0.1) is 0 Å². The molecule has 9 heteroatoms. The van der Waals surface area contributed by atoms with Crippen molar-refractivity contribution >= 4 is 0 Å². The molecule has 0 spiro atoms. The lowest BCUT2D eigenvalue weighted by molar-refractivity contribution is -0.104. The Hall–Kier alpha value is -2.19. The molecule has 1 aliphatic rings. The minimum absolute atomic E-state index is 0.168. The summed E-state index contributed by atoms with van der Waals surface area (Å²) in [4.78, 5) is 11.9. The lowest BCUT2D eigenvalue weighted by Gasteiger charge is -2.35.